The van der Waals surface area contributed by atoms with Crippen molar-refractivity contribution in [2.75, 3.05) is 11.9 Å². The minimum Gasteiger partial charge on any atom is -0.312 e. The van der Waals surface area contributed by atoms with Crippen LogP contribution >= 0.6 is 0 Å². The molecule has 0 saturated carbocycles. The van der Waals surface area contributed by atoms with Gasteiger partial charge in [-0.1, -0.05) is 36.4 Å². The molecule has 0 heterocycles. The van der Waals surface area contributed by atoms with E-state index in [0.29, 0.717) is 5.56 Å². The van der Waals surface area contributed by atoms with Crippen molar-refractivity contribution in [2.24, 2.45) is 0 Å². The zero-order chi connectivity index (χ0) is 13.7. The van der Waals surface area contributed by atoms with Crippen molar-refractivity contribution in [1.29, 1.82) is 0 Å². The third-order valence-corrected chi connectivity index (χ3v) is 2.78. The summed E-state index contributed by atoms with van der Waals surface area (Å²) in [5.74, 6) is -0.539. The number of halogens is 1. The molecule has 0 atom stereocenters. The molecule has 0 aromatic heterocycles. The minimum absolute atomic E-state index is 0.200. The SMILES string of the molecule is CN(C(=O)/C=C/c1ccccc1F)c1ccccc1. The summed E-state index contributed by atoms with van der Waals surface area (Å²) in [7, 11) is 1.68. The topological polar surface area (TPSA) is 20.3 Å². The molecule has 2 nitrogen and oxygen atoms in total. The van der Waals surface area contributed by atoms with Crippen molar-refractivity contribution < 1.29 is 9.18 Å². The van der Waals surface area contributed by atoms with Crippen molar-refractivity contribution >= 4 is 17.7 Å². The van der Waals surface area contributed by atoms with Crippen molar-refractivity contribution in [3.8, 4) is 0 Å². The van der Waals surface area contributed by atoms with Gasteiger partial charge in [0.05, 0.1) is 0 Å². The Labute approximate surface area is 111 Å². The summed E-state index contributed by atoms with van der Waals surface area (Å²) in [6, 6.07) is 15.6. The number of hydrogen-bond acceptors (Lipinski definition) is 1. The molecule has 19 heavy (non-hydrogen) atoms. The normalized spacial score (nSPS) is 10.6. The molecule has 2 aromatic carbocycles. The maximum atomic E-state index is 13.4. The molecule has 0 bridgehead atoms. The lowest BCUT2D eigenvalue weighted by Gasteiger charge is -2.14. The second-order valence-electron chi connectivity index (χ2n) is 4.09. The standard InChI is InChI=1S/C16H14FNO/c1-18(14-8-3-2-4-9-14)16(19)12-11-13-7-5-6-10-15(13)17/h2-12H,1H3/b12-11+. The molecule has 0 fully saturated rings. The molecule has 0 spiro atoms. The quantitative estimate of drug-likeness (QED) is 0.769. The molecule has 0 saturated heterocycles. The Balaban J connectivity index is 2.12. The van der Waals surface area contributed by atoms with Crippen LogP contribution in [-0.2, 0) is 4.79 Å². The Morgan fingerprint density at radius 1 is 1.05 bits per heavy atom. The zero-order valence-electron chi connectivity index (χ0n) is 10.6. The Hall–Kier alpha value is -2.42. The van der Waals surface area contributed by atoms with E-state index in [1.807, 2.05) is 30.3 Å². The third kappa shape index (κ3) is 3.28. The number of para-hydroxylation sites is 1. The van der Waals surface area contributed by atoms with Crippen LogP contribution in [0.4, 0.5) is 10.1 Å². The first-order valence-corrected chi connectivity index (χ1v) is 5.94. The van der Waals surface area contributed by atoms with E-state index < -0.39 is 0 Å². The number of likely N-dealkylation sites (N-methyl/N-ethyl adjacent to an activating group) is 1. The predicted molar refractivity (Wildman–Crippen MR) is 75.3 cm³/mol. The maximum Gasteiger partial charge on any atom is 0.250 e. The van der Waals surface area contributed by atoms with Crippen LogP contribution in [-0.4, -0.2) is 13.0 Å². The van der Waals surface area contributed by atoms with Crippen LogP contribution in [0, 0.1) is 5.82 Å². The summed E-state index contributed by atoms with van der Waals surface area (Å²) < 4.78 is 13.4. The average molecular weight is 255 g/mol. The number of nitrogens with zero attached hydrogens (tertiary/aromatic N) is 1. The van der Waals surface area contributed by atoms with Crippen LogP contribution in [0.5, 0.6) is 0 Å². The van der Waals surface area contributed by atoms with Crippen LogP contribution in [0.25, 0.3) is 6.08 Å². The van der Waals surface area contributed by atoms with Crippen molar-refractivity contribution in [1.82, 2.24) is 0 Å². The number of amides is 1. The van der Waals surface area contributed by atoms with Crippen LogP contribution in [0.2, 0.25) is 0 Å². The lowest BCUT2D eigenvalue weighted by Crippen LogP contribution is -2.23. The van der Waals surface area contributed by atoms with Crippen LogP contribution in [0.15, 0.2) is 60.7 Å². The van der Waals surface area contributed by atoms with Crippen LogP contribution in [0.1, 0.15) is 5.56 Å². The highest BCUT2D eigenvalue weighted by molar-refractivity contribution is 6.03. The molecule has 2 aromatic rings. The molecular weight excluding hydrogens is 241 g/mol. The van der Waals surface area contributed by atoms with Gasteiger partial charge in [0.25, 0.3) is 5.91 Å². The van der Waals surface area contributed by atoms with Crippen LogP contribution < -0.4 is 4.90 Å². The second kappa shape index (κ2) is 5.96. The van der Waals surface area contributed by atoms with Gasteiger partial charge in [-0.15, -0.1) is 0 Å². The Morgan fingerprint density at radius 2 is 1.68 bits per heavy atom. The molecule has 0 N–H and O–H groups in total. The number of carbonyl (C=O) groups is 1. The monoisotopic (exact) mass is 255 g/mol. The molecule has 2 rings (SSSR count). The highest BCUT2D eigenvalue weighted by atomic mass is 19.1. The summed E-state index contributed by atoms with van der Waals surface area (Å²) in [5, 5.41) is 0. The molecular formula is C16H14FNO. The molecule has 96 valence electrons. The first kappa shape index (κ1) is 13.0. The zero-order valence-corrected chi connectivity index (χ0v) is 10.6. The lowest BCUT2D eigenvalue weighted by atomic mass is 10.2. The van der Waals surface area contributed by atoms with Gasteiger partial charge in [0, 0.05) is 24.4 Å². The van der Waals surface area contributed by atoms with Crippen molar-refractivity contribution in [3.05, 3.63) is 72.1 Å². The molecule has 0 aliphatic carbocycles. The Kier molecular flexibility index (Phi) is 4.08. The molecule has 0 aliphatic rings. The minimum atomic E-state index is -0.339. The molecule has 3 heteroatoms. The van der Waals surface area contributed by atoms with Crippen molar-refractivity contribution in [2.45, 2.75) is 0 Å². The Bertz CT molecular complexity index is 593. The van der Waals surface area contributed by atoms with E-state index in [0.717, 1.165) is 5.69 Å². The summed E-state index contributed by atoms with van der Waals surface area (Å²) >= 11 is 0. The van der Waals surface area contributed by atoms with Gasteiger partial charge >= 0.3 is 0 Å². The second-order valence-corrected chi connectivity index (χ2v) is 4.09. The number of benzene rings is 2. The first-order chi connectivity index (χ1) is 9.18. The van der Waals surface area contributed by atoms with E-state index in [2.05, 4.69) is 0 Å². The number of carbonyl (C=O) groups excluding carboxylic acids is 1. The van der Waals surface area contributed by atoms with Gasteiger partial charge in [-0.3, -0.25) is 4.79 Å². The van der Waals surface area contributed by atoms with E-state index in [1.54, 1.807) is 25.2 Å². The number of rotatable bonds is 3. The third-order valence-electron chi connectivity index (χ3n) is 2.78. The maximum absolute atomic E-state index is 13.4. The summed E-state index contributed by atoms with van der Waals surface area (Å²) in [4.78, 5) is 13.5. The molecule has 0 radical (unpaired) electrons. The summed E-state index contributed by atoms with van der Waals surface area (Å²) in [6.45, 7) is 0. The van der Waals surface area contributed by atoms with E-state index in [4.69, 9.17) is 0 Å². The van der Waals surface area contributed by atoms with Crippen LogP contribution in [0.3, 0.4) is 0 Å². The fourth-order valence-electron chi connectivity index (χ4n) is 1.66. The lowest BCUT2D eigenvalue weighted by molar-refractivity contribution is -0.113. The summed E-state index contributed by atoms with van der Waals surface area (Å²) in [5.41, 5.74) is 1.20. The average Bonchev–Trinajstić information content (AvgIpc) is 2.46. The smallest absolute Gasteiger partial charge is 0.250 e. The van der Waals surface area contributed by atoms with Gasteiger partial charge in [0.2, 0.25) is 0 Å². The van der Waals surface area contributed by atoms with Gasteiger partial charge in [-0.05, 0) is 24.3 Å². The number of hydrogen-bond donors (Lipinski definition) is 0. The Morgan fingerprint density at radius 3 is 2.37 bits per heavy atom. The van der Waals surface area contributed by atoms with E-state index >= 15 is 0 Å². The van der Waals surface area contributed by atoms with E-state index in [1.165, 1.54) is 23.1 Å². The fraction of sp³-hybridized carbons (Fsp3) is 0.0625. The highest BCUT2D eigenvalue weighted by Gasteiger charge is 2.06. The number of anilines is 1. The van der Waals surface area contributed by atoms with Gasteiger partial charge in [0.15, 0.2) is 0 Å². The largest absolute Gasteiger partial charge is 0.312 e. The van der Waals surface area contributed by atoms with Crippen molar-refractivity contribution in [3.63, 3.8) is 0 Å². The molecule has 0 unspecified atom stereocenters. The summed E-state index contributed by atoms with van der Waals surface area (Å²) in [6.07, 6.45) is 2.85. The van der Waals surface area contributed by atoms with Gasteiger partial charge in [-0.25, -0.2) is 4.39 Å². The molecule has 0 aliphatic heterocycles. The van der Waals surface area contributed by atoms with Gasteiger partial charge in [0.1, 0.15) is 5.82 Å². The highest BCUT2D eigenvalue weighted by Crippen LogP contribution is 2.13. The van der Waals surface area contributed by atoms with E-state index in [9.17, 15) is 9.18 Å². The predicted octanol–water partition coefficient (Wildman–Crippen LogP) is 3.50. The van der Waals surface area contributed by atoms with Gasteiger partial charge in [-0.2, -0.15) is 0 Å². The first-order valence-electron chi connectivity index (χ1n) is 5.94. The fourth-order valence-corrected chi connectivity index (χ4v) is 1.66. The van der Waals surface area contributed by atoms with Gasteiger partial charge < -0.3 is 4.90 Å². The van der Waals surface area contributed by atoms with E-state index in [-0.39, 0.29) is 11.7 Å². The molecule has 1 amide bonds.